The number of aliphatic imine (C=N–C) groups is 1. The van der Waals surface area contributed by atoms with E-state index in [0.29, 0.717) is 0 Å². The highest BCUT2D eigenvalue weighted by molar-refractivity contribution is 14.0. The van der Waals surface area contributed by atoms with Gasteiger partial charge in [-0.05, 0) is 35.7 Å². The van der Waals surface area contributed by atoms with Gasteiger partial charge in [0.05, 0.1) is 6.54 Å². The maximum Gasteiger partial charge on any atom is 0.191 e. The van der Waals surface area contributed by atoms with Crippen molar-refractivity contribution in [2.24, 2.45) is 4.99 Å². The second kappa shape index (κ2) is 10.8. The Morgan fingerprint density at radius 1 is 1.23 bits per heavy atom. The quantitative estimate of drug-likeness (QED) is 0.230. The van der Waals surface area contributed by atoms with Gasteiger partial charge in [0.15, 0.2) is 5.96 Å². The summed E-state index contributed by atoms with van der Waals surface area (Å²) in [5, 5.41) is 8.59. The van der Waals surface area contributed by atoms with Crippen molar-refractivity contribution in [3.8, 4) is 0 Å². The Balaban J connectivity index is 0.00000242. The highest BCUT2D eigenvalue weighted by Crippen LogP contribution is 2.17. The second-order valence-corrected chi connectivity index (χ2v) is 6.43. The van der Waals surface area contributed by atoms with Crippen molar-refractivity contribution in [1.29, 1.82) is 0 Å². The molecule has 0 radical (unpaired) electrons. The van der Waals surface area contributed by atoms with Crippen molar-refractivity contribution < 1.29 is 4.39 Å². The molecule has 0 aliphatic rings. The maximum atomic E-state index is 12.8. The number of guanidine groups is 1. The van der Waals surface area contributed by atoms with Gasteiger partial charge < -0.3 is 10.6 Å². The molecule has 2 N–H and O–H groups in total. The summed E-state index contributed by atoms with van der Waals surface area (Å²) in [7, 11) is 1.76. The predicted octanol–water partition coefficient (Wildman–Crippen LogP) is 3.96. The third kappa shape index (κ3) is 6.97. The van der Waals surface area contributed by atoms with Gasteiger partial charge in [-0.15, -0.1) is 47.1 Å². The zero-order valence-electron chi connectivity index (χ0n) is 12.2. The number of hydrogen-bond acceptors (Lipinski definition) is 3. The molecule has 0 unspecified atom stereocenters. The van der Waals surface area contributed by atoms with E-state index in [-0.39, 0.29) is 29.8 Å². The molecule has 1 aromatic carbocycles. The van der Waals surface area contributed by atoms with Crippen LogP contribution in [0.15, 0.2) is 51.7 Å². The minimum Gasteiger partial charge on any atom is -0.356 e. The molecule has 0 saturated carbocycles. The summed E-state index contributed by atoms with van der Waals surface area (Å²) in [5.74, 6) is 1.49. The molecule has 2 aromatic rings. The molecule has 0 spiro atoms. The van der Waals surface area contributed by atoms with Crippen molar-refractivity contribution in [2.45, 2.75) is 11.4 Å². The van der Waals surface area contributed by atoms with E-state index in [1.54, 1.807) is 42.3 Å². The molecule has 0 bridgehead atoms. The van der Waals surface area contributed by atoms with Gasteiger partial charge in [0.2, 0.25) is 0 Å². The fourth-order valence-corrected chi connectivity index (χ4v) is 3.09. The van der Waals surface area contributed by atoms with Crippen LogP contribution >= 0.6 is 47.1 Å². The number of thiophene rings is 1. The van der Waals surface area contributed by atoms with Crippen LogP contribution in [-0.2, 0) is 6.54 Å². The van der Waals surface area contributed by atoms with Crippen LogP contribution < -0.4 is 10.6 Å². The Kier molecular flexibility index (Phi) is 9.49. The number of rotatable bonds is 6. The predicted molar refractivity (Wildman–Crippen MR) is 105 cm³/mol. The summed E-state index contributed by atoms with van der Waals surface area (Å²) < 4.78 is 12.8. The van der Waals surface area contributed by atoms with Gasteiger partial charge >= 0.3 is 0 Å². The Labute approximate surface area is 155 Å². The molecule has 3 nitrogen and oxygen atoms in total. The van der Waals surface area contributed by atoms with Crippen molar-refractivity contribution in [3.05, 3.63) is 52.5 Å². The van der Waals surface area contributed by atoms with Gasteiger partial charge in [0.1, 0.15) is 5.82 Å². The summed E-state index contributed by atoms with van der Waals surface area (Å²) >= 11 is 3.41. The van der Waals surface area contributed by atoms with Crippen LogP contribution in [-0.4, -0.2) is 25.3 Å². The lowest BCUT2D eigenvalue weighted by atomic mass is 10.4. The highest BCUT2D eigenvalue weighted by Gasteiger charge is 1.99. The Hall–Kier alpha value is -0.800. The van der Waals surface area contributed by atoms with Gasteiger partial charge in [-0.2, -0.15) is 0 Å². The lowest BCUT2D eigenvalue weighted by molar-refractivity contribution is 0.626. The average molecular weight is 451 g/mol. The molecule has 2 rings (SSSR count). The first-order valence-electron chi connectivity index (χ1n) is 6.63. The largest absolute Gasteiger partial charge is 0.356 e. The fourth-order valence-electron chi connectivity index (χ4n) is 1.67. The molecule has 0 fully saturated rings. The van der Waals surface area contributed by atoms with Gasteiger partial charge in [0.25, 0.3) is 0 Å². The van der Waals surface area contributed by atoms with Crippen LogP contribution in [0.2, 0.25) is 0 Å². The number of thioether (sulfide) groups is 1. The molecular weight excluding hydrogens is 432 g/mol. The number of nitrogens with zero attached hydrogens (tertiary/aromatic N) is 1. The Morgan fingerprint density at radius 3 is 2.64 bits per heavy atom. The van der Waals surface area contributed by atoms with Gasteiger partial charge in [0, 0.05) is 29.1 Å². The van der Waals surface area contributed by atoms with Crippen LogP contribution in [0.5, 0.6) is 0 Å². The van der Waals surface area contributed by atoms with E-state index in [4.69, 9.17) is 0 Å². The lowest BCUT2D eigenvalue weighted by Crippen LogP contribution is -2.37. The van der Waals surface area contributed by atoms with Crippen LogP contribution in [0.4, 0.5) is 4.39 Å². The molecule has 120 valence electrons. The molecule has 0 aliphatic heterocycles. The molecular formula is C15H19FIN3S2. The topological polar surface area (TPSA) is 36.4 Å². The summed E-state index contributed by atoms with van der Waals surface area (Å²) in [6, 6.07) is 10.7. The van der Waals surface area contributed by atoms with Gasteiger partial charge in [-0.25, -0.2) is 4.39 Å². The van der Waals surface area contributed by atoms with E-state index in [2.05, 4.69) is 27.1 Å². The number of halogens is 2. The van der Waals surface area contributed by atoms with Crippen LogP contribution in [0, 0.1) is 5.82 Å². The standard InChI is InChI=1S/C15H18FN3S2.HI/c1-17-15(19-11-14-3-2-9-20-14)18-8-10-21-13-6-4-12(16)5-7-13;/h2-7,9H,8,10-11H2,1H3,(H2,17,18,19);1H. The van der Waals surface area contributed by atoms with E-state index in [0.717, 1.165) is 29.7 Å². The molecule has 0 saturated heterocycles. The Bertz CT molecular complexity index is 559. The lowest BCUT2D eigenvalue weighted by Gasteiger charge is -2.11. The average Bonchev–Trinajstić information content (AvgIpc) is 3.02. The van der Waals surface area contributed by atoms with Crippen molar-refractivity contribution in [2.75, 3.05) is 19.3 Å². The zero-order chi connectivity index (χ0) is 14.9. The van der Waals surface area contributed by atoms with Crippen molar-refractivity contribution in [1.82, 2.24) is 10.6 Å². The normalized spacial score (nSPS) is 10.9. The van der Waals surface area contributed by atoms with Crippen molar-refractivity contribution >= 4 is 53.0 Å². The molecule has 0 aliphatic carbocycles. The first-order valence-corrected chi connectivity index (χ1v) is 8.50. The molecule has 0 amide bonds. The number of nitrogens with one attached hydrogen (secondary N) is 2. The fraction of sp³-hybridized carbons (Fsp3) is 0.267. The van der Waals surface area contributed by atoms with E-state index >= 15 is 0 Å². The maximum absolute atomic E-state index is 12.8. The first-order chi connectivity index (χ1) is 10.3. The number of hydrogen-bond donors (Lipinski definition) is 2. The van der Waals surface area contributed by atoms with Crippen LogP contribution in [0.25, 0.3) is 0 Å². The first kappa shape index (κ1) is 19.2. The van der Waals surface area contributed by atoms with Crippen molar-refractivity contribution in [3.63, 3.8) is 0 Å². The van der Waals surface area contributed by atoms with E-state index in [1.165, 1.54) is 17.0 Å². The molecule has 1 heterocycles. The highest BCUT2D eigenvalue weighted by atomic mass is 127. The molecule has 0 atom stereocenters. The third-order valence-corrected chi connectivity index (χ3v) is 4.60. The van der Waals surface area contributed by atoms with E-state index in [9.17, 15) is 4.39 Å². The SMILES string of the molecule is CN=C(NCCSc1ccc(F)cc1)NCc1cccs1.I. The minimum atomic E-state index is -0.198. The summed E-state index contributed by atoms with van der Waals surface area (Å²) in [5.41, 5.74) is 0. The molecule has 1 aromatic heterocycles. The summed E-state index contributed by atoms with van der Waals surface area (Å²) in [4.78, 5) is 6.53. The molecule has 22 heavy (non-hydrogen) atoms. The van der Waals surface area contributed by atoms with Crippen LogP contribution in [0.1, 0.15) is 4.88 Å². The number of benzene rings is 1. The summed E-state index contributed by atoms with van der Waals surface area (Å²) in [6.07, 6.45) is 0. The molecule has 7 heteroatoms. The third-order valence-electron chi connectivity index (χ3n) is 2.71. The zero-order valence-corrected chi connectivity index (χ0v) is 16.2. The minimum absolute atomic E-state index is 0. The van der Waals surface area contributed by atoms with Crippen LogP contribution in [0.3, 0.4) is 0 Å². The van der Waals surface area contributed by atoms with E-state index in [1.807, 2.05) is 6.07 Å². The van der Waals surface area contributed by atoms with Gasteiger partial charge in [-0.1, -0.05) is 6.07 Å². The van der Waals surface area contributed by atoms with E-state index < -0.39 is 0 Å². The summed E-state index contributed by atoms with van der Waals surface area (Å²) in [6.45, 7) is 1.58. The monoisotopic (exact) mass is 451 g/mol. The smallest absolute Gasteiger partial charge is 0.191 e. The second-order valence-electron chi connectivity index (χ2n) is 4.23. The van der Waals surface area contributed by atoms with Gasteiger partial charge in [-0.3, -0.25) is 4.99 Å². The Morgan fingerprint density at radius 2 is 2.00 bits per heavy atom.